The van der Waals surface area contributed by atoms with Crippen LogP contribution in [-0.4, -0.2) is 11.0 Å². The van der Waals surface area contributed by atoms with Gasteiger partial charge in [0.2, 0.25) is 5.91 Å². The van der Waals surface area contributed by atoms with E-state index < -0.39 is 12.0 Å². The number of hydrogen-bond donors (Lipinski definition) is 2. The highest BCUT2D eigenvalue weighted by Gasteiger charge is 2.30. The molecule has 3 nitrogen and oxygen atoms in total. The van der Waals surface area contributed by atoms with Gasteiger partial charge in [0, 0.05) is 6.42 Å². The van der Waals surface area contributed by atoms with Crippen LogP contribution in [0.5, 0.6) is 0 Å². The van der Waals surface area contributed by atoms with Crippen LogP contribution in [0.25, 0.3) is 0 Å². The summed E-state index contributed by atoms with van der Waals surface area (Å²) in [5, 5.41) is 10.3. The van der Waals surface area contributed by atoms with Crippen molar-refractivity contribution in [1.29, 1.82) is 0 Å². The summed E-state index contributed by atoms with van der Waals surface area (Å²) in [5.74, 6) is -0.862. The molecule has 0 radical (unpaired) electrons. The van der Waals surface area contributed by atoms with Gasteiger partial charge in [-0.15, -0.1) is 0 Å². The summed E-state index contributed by atoms with van der Waals surface area (Å²) >= 11 is 0. The number of benzene rings is 2. The molecule has 1 aliphatic rings. The molecule has 2 aromatic rings. The van der Waals surface area contributed by atoms with Gasteiger partial charge in [-0.3, -0.25) is 4.79 Å². The Balaban J connectivity index is 2.28. The minimum absolute atomic E-state index is 0.381. The zero-order chi connectivity index (χ0) is 13.4. The standard InChI is InChI=1S/C16H15NO2/c17-16(19)15-11-6-2-1-5-10(11)9-14(18)12-7-3-4-8-13(12)15/h1-8,14-15,18H,9H2,(H2,17,19)/t14-,15?/m0/s1. The second-order valence-electron chi connectivity index (χ2n) is 4.88. The minimum Gasteiger partial charge on any atom is -0.388 e. The topological polar surface area (TPSA) is 63.3 Å². The van der Waals surface area contributed by atoms with E-state index in [0.717, 1.165) is 22.3 Å². The van der Waals surface area contributed by atoms with Crippen LogP contribution in [0.2, 0.25) is 0 Å². The van der Waals surface area contributed by atoms with Crippen LogP contribution >= 0.6 is 0 Å². The van der Waals surface area contributed by atoms with Crippen LogP contribution < -0.4 is 5.73 Å². The quantitative estimate of drug-likeness (QED) is 0.815. The van der Waals surface area contributed by atoms with Gasteiger partial charge in [0.1, 0.15) is 0 Å². The van der Waals surface area contributed by atoms with E-state index in [1.54, 1.807) is 0 Å². The molecule has 2 aromatic carbocycles. The highest BCUT2D eigenvalue weighted by molar-refractivity contribution is 5.86. The molecule has 0 bridgehead atoms. The molecule has 3 rings (SSSR count). The first-order valence-electron chi connectivity index (χ1n) is 6.32. The maximum atomic E-state index is 11.9. The SMILES string of the molecule is NC(=O)C1c2ccccc2C[C@H](O)c2ccccc21. The summed E-state index contributed by atoms with van der Waals surface area (Å²) < 4.78 is 0. The fourth-order valence-electron chi connectivity index (χ4n) is 2.87. The molecule has 1 aliphatic carbocycles. The molecule has 0 aromatic heterocycles. The molecule has 0 aliphatic heterocycles. The number of carbonyl (C=O) groups excluding carboxylic acids is 1. The zero-order valence-corrected chi connectivity index (χ0v) is 10.4. The van der Waals surface area contributed by atoms with E-state index in [1.807, 2.05) is 48.5 Å². The number of aliphatic hydroxyl groups is 1. The second kappa shape index (κ2) is 4.52. The molecule has 0 heterocycles. The van der Waals surface area contributed by atoms with E-state index >= 15 is 0 Å². The van der Waals surface area contributed by atoms with Gasteiger partial charge in [-0.05, 0) is 22.3 Å². The van der Waals surface area contributed by atoms with E-state index in [0.29, 0.717) is 6.42 Å². The zero-order valence-electron chi connectivity index (χ0n) is 10.4. The fraction of sp³-hybridized carbons (Fsp3) is 0.188. The van der Waals surface area contributed by atoms with Crippen molar-refractivity contribution in [2.45, 2.75) is 18.4 Å². The summed E-state index contributed by atoms with van der Waals surface area (Å²) in [5.41, 5.74) is 9.08. The Hall–Kier alpha value is -2.13. The molecule has 0 fully saturated rings. The van der Waals surface area contributed by atoms with E-state index in [1.165, 1.54) is 0 Å². The number of nitrogens with two attached hydrogens (primary N) is 1. The Morgan fingerprint density at radius 3 is 2.26 bits per heavy atom. The minimum atomic E-state index is -0.596. The average molecular weight is 253 g/mol. The molecular formula is C16H15NO2. The summed E-state index contributed by atoms with van der Waals surface area (Å²) in [6.07, 6.45) is -0.0848. The molecule has 0 spiro atoms. The molecule has 1 amide bonds. The highest BCUT2D eigenvalue weighted by atomic mass is 16.3. The first-order valence-corrected chi connectivity index (χ1v) is 6.32. The number of carbonyl (C=O) groups is 1. The monoisotopic (exact) mass is 253 g/mol. The molecule has 3 N–H and O–H groups in total. The summed E-state index contributed by atoms with van der Waals surface area (Å²) in [6, 6.07) is 15.2. The van der Waals surface area contributed by atoms with Crippen molar-refractivity contribution in [3.63, 3.8) is 0 Å². The van der Waals surface area contributed by atoms with Gasteiger partial charge in [0.05, 0.1) is 12.0 Å². The van der Waals surface area contributed by atoms with Gasteiger partial charge in [-0.25, -0.2) is 0 Å². The van der Waals surface area contributed by atoms with Gasteiger partial charge in [0.15, 0.2) is 0 Å². The Morgan fingerprint density at radius 2 is 1.58 bits per heavy atom. The molecule has 1 unspecified atom stereocenters. The van der Waals surface area contributed by atoms with Crippen LogP contribution in [0.15, 0.2) is 48.5 Å². The van der Waals surface area contributed by atoms with E-state index in [2.05, 4.69) is 0 Å². The van der Waals surface area contributed by atoms with Crippen LogP contribution in [0.3, 0.4) is 0 Å². The Bertz CT molecular complexity index is 636. The lowest BCUT2D eigenvalue weighted by molar-refractivity contribution is -0.118. The summed E-state index contributed by atoms with van der Waals surface area (Å²) in [4.78, 5) is 11.9. The largest absolute Gasteiger partial charge is 0.388 e. The smallest absolute Gasteiger partial charge is 0.229 e. The van der Waals surface area contributed by atoms with E-state index in [9.17, 15) is 9.90 Å². The lowest BCUT2D eigenvalue weighted by atomic mass is 9.87. The lowest BCUT2D eigenvalue weighted by Gasteiger charge is -2.17. The van der Waals surface area contributed by atoms with Gasteiger partial charge in [0.25, 0.3) is 0 Å². The number of amides is 1. The van der Waals surface area contributed by atoms with Crippen molar-refractivity contribution in [2.75, 3.05) is 0 Å². The molecule has 19 heavy (non-hydrogen) atoms. The van der Waals surface area contributed by atoms with Gasteiger partial charge in [-0.2, -0.15) is 0 Å². The molecular weight excluding hydrogens is 238 g/mol. The van der Waals surface area contributed by atoms with Crippen LogP contribution in [0.4, 0.5) is 0 Å². The van der Waals surface area contributed by atoms with E-state index in [-0.39, 0.29) is 5.91 Å². The number of fused-ring (bicyclic) bond motifs is 2. The third-order valence-corrected chi connectivity index (χ3v) is 3.73. The predicted octanol–water partition coefficient (Wildman–Crippen LogP) is 1.89. The van der Waals surface area contributed by atoms with Crippen molar-refractivity contribution < 1.29 is 9.90 Å². The lowest BCUT2D eigenvalue weighted by Crippen LogP contribution is -2.23. The van der Waals surface area contributed by atoms with Crippen molar-refractivity contribution in [3.05, 3.63) is 70.8 Å². The number of hydrogen-bond acceptors (Lipinski definition) is 2. The maximum absolute atomic E-state index is 11.9. The summed E-state index contributed by atoms with van der Waals surface area (Å²) in [7, 11) is 0. The van der Waals surface area contributed by atoms with Crippen molar-refractivity contribution >= 4 is 5.91 Å². The predicted molar refractivity (Wildman–Crippen MR) is 72.6 cm³/mol. The van der Waals surface area contributed by atoms with Crippen LogP contribution in [0.1, 0.15) is 34.3 Å². The first kappa shape index (κ1) is 11.9. The van der Waals surface area contributed by atoms with Gasteiger partial charge in [-0.1, -0.05) is 48.5 Å². The third-order valence-electron chi connectivity index (χ3n) is 3.73. The second-order valence-corrected chi connectivity index (χ2v) is 4.88. The third kappa shape index (κ3) is 1.92. The molecule has 0 saturated carbocycles. The van der Waals surface area contributed by atoms with E-state index in [4.69, 9.17) is 5.73 Å². The maximum Gasteiger partial charge on any atom is 0.229 e. The Morgan fingerprint density at radius 1 is 1.00 bits per heavy atom. The molecule has 3 heteroatoms. The number of rotatable bonds is 1. The average Bonchev–Trinajstić information content (AvgIpc) is 2.53. The number of primary amides is 1. The molecule has 2 atom stereocenters. The number of aliphatic hydroxyl groups excluding tert-OH is 1. The van der Waals surface area contributed by atoms with Gasteiger partial charge >= 0.3 is 0 Å². The van der Waals surface area contributed by atoms with Crippen LogP contribution in [0, 0.1) is 0 Å². The Labute approximate surface area is 111 Å². The van der Waals surface area contributed by atoms with Crippen molar-refractivity contribution in [2.24, 2.45) is 5.73 Å². The van der Waals surface area contributed by atoms with Crippen molar-refractivity contribution in [3.8, 4) is 0 Å². The van der Waals surface area contributed by atoms with Crippen LogP contribution in [-0.2, 0) is 11.2 Å². The van der Waals surface area contributed by atoms with Gasteiger partial charge < -0.3 is 10.8 Å². The Kier molecular flexibility index (Phi) is 2.84. The highest BCUT2D eigenvalue weighted by Crippen LogP contribution is 2.37. The molecule has 0 saturated heterocycles. The summed E-state index contributed by atoms with van der Waals surface area (Å²) in [6.45, 7) is 0. The van der Waals surface area contributed by atoms with Crippen molar-refractivity contribution in [1.82, 2.24) is 0 Å². The fourth-order valence-corrected chi connectivity index (χ4v) is 2.87. The first-order chi connectivity index (χ1) is 9.18. The molecule has 96 valence electrons. The normalized spacial score (nSPS) is 21.1.